The van der Waals surface area contributed by atoms with Gasteiger partial charge in [-0.3, -0.25) is 14.4 Å². The third kappa shape index (κ3) is 3.98. The Kier molecular flexibility index (Phi) is 7.12. The summed E-state index contributed by atoms with van der Waals surface area (Å²) in [5, 5.41) is 21.3. The zero-order chi connectivity index (χ0) is 26.0. The molecular formula is C28H28N2O5. The van der Waals surface area contributed by atoms with Gasteiger partial charge in [0.1, 0.15) is 5.78 Å². The van der Waals surface area contributed by atoms with Gasteiger partial charge >= 0.3 is 11.9 Å². The Morgan fingerprint density at radius 2 is 1.31 bits per heavy atom. The fourth-order valence-corrected chi connectivity index (χ4v) is 5.55. The lowest BCUT2D eigenvalue weighted by Crippen LogP contribution is -2.59. The highest BCUT2D eigenvalue weighted by molar-refractivity contribution is 5.92. The van der Waals surface area contributed by atoms with Gasteiger partial charge in [-0.2, -0.15) is 10.5 Å². The van der Waals surface area contributed by atoms with Gasteiger partial charge in [0.05, 0.1) is 26.4 Å². The number of carbonyl (C=O) groups excluding carboxylic acids is 3. The number of nitriles is 2. The minimum Gasteiger partial charge on any atom is -0.468 e. The molecule has 2 aromatic carbocycles. The smallest absolute Gasteiger partial charge is 0.327 e. The van der Waals surface area contributed by atoms with Crippen LogP contribution in [-0.2, 0) is 23.9 Å². The minimum absolute atomic E-state index is 0.205. The van der Waals surface area contributed by atoms with Crippen molar-refractivity contribution in [2.45, 2.75) is 39.0 Å². The van der Waals surface area contributed by atoms with Crippen LogP contribution >= 0.6 is 0 Å². The SMILES string of the molecule is COC(=O)[C@]1(C#N)[C@@H](c2ccc(C)cc2)[C@H](C(C)=O)C[C@](C#N)(C(=O)OC)[C@H]1c1ccc(C)cc1. The molecule has 1 saturated carbocycles. The highest BCUT2D eigenvalue weighted by Gasteiger charge is 2.71. The molecular weight excluding hydrogens is 444 g/mol. The molecule has 5 atom stereocenters. The second-order valence-electron chi connectivity index (χ2n) is 9.20. The number of hydrogen-bond acceptors (Lipinski definition) is 7. The molecule has 0 radical (unpaired) electrons. The molecule has 0 N–H and O–H groups in total. The number of ether oxygens (including phenoxy) is 2. The molecule has 0 saturated heterocycles. The van der Waals surface area contributed by atoms with Crippen LogP contribution in [0.3, 0.4) is 0 Å². The van der Waals surface area contributed by atoms with Crippen LogP contribution in [0, 0.1) is 53.3 Å². The van der Waals surface area contributed by atoms with Crippen LogP contribution < -0.4 is 0 Å². The zero-order valence-electron chi connectivity index (χ0n) is 20.5. The fraction of sp³-hybridized carbons (Fsp3) is 0.393. The van der Waals surface area contributed by atoms with Gasteiger partial charge in [0.15, 0.2) is 10.8 Å². The van der Waals surface area contributed by atoms with Crippen molar-refractivity contribution in [1.29, 1.82) is 10.5 Å². The highest BCUT2D eigenvalue weighted by Crippen LogP contribution is 2.64. The van der Waals surface area contributed by atoms with Crippen molar-refractivity contribution in [1.82, 2.24) is 0 Å². The van der Waals surface area contributed by atoms with Gasteiger partial charge in [-0.05, 0) is 38.3 Å². The van der Waals surface area contributed by atoms with Crippen molar-refractivity contribution in [2.24, 2.45) is 16.7 Å². The summed E-state index contributed by atoms with van der Waals surface area (Å²) < 4.78 is 10.2. The number of aryl methyl sites for hydroxylation is 2. The van der Waals surface area contributed by atoms with Gasteiger partial charge in [0.2, 0.25) is 0 Å². The van der Waals surface area contributed by atoms with E-state index in [4.69, 9.17) is 9.47 Å². The molecule has 0 unspecified atom stereocenters. The second-order valence-corrected chi connectivity index (χ2v) is 9.20. The van der Waals surface area contributed by atoms with Crippen LogP contribution in [0.2, 0.25) is 0 Å². The van der Waals surface area contributed by atoms with Crippen LogP contribution in [0.4, 0.5) is 0 Å². The van der Waals surface area contributed by atoms with Crippen LogP contribution in [0.15, 0.2) is 48.5 Å². The maximum atomic E-state index is 13.7. The Morgan fingerprint density at radius 3 is 1.71 bits per heavy atom. The van der Waals surface area contributed by atoms with E-state index < -0.39 is 40.5 Å². The molecule has 2 aromatic rings. The summed E-state index contributed by atoms with van der Waals surface area (Å²) in [4.78, 5) is 40.1. The molecule has 7 heteroatoms. The lowest BCUT2D eigenvalue weighted by Gasteiger charge is -2.52. The molecule has 1 aliphatic carbocycles. The molecule has 0 aliphatic heterocycles. The van der Waals surface area contributed by atoms with E-state index in [0.29, 0.717) is 11.1 Å². The number of ketones is 1. The average Bonchev–Trinajstić information content (AvgIpc) is 2.87. The number of esters is 2. The van der Waals surface area contributed by atoms with Gasteiger partial charge in [-0.15, -0.1) is 0 Å². The number of benzene rings is 2. The summed E-state index contributed by atoms with van der Waals surface area (Å²) in [5.74, 6) is -5.36. The number of Topliss-reactive ketones (excluding diaryl/α,β-unsaturated/α-hetero) is 1. The summed E-state index contributed by atoms with van der Waals surface area (Å²) in [5.41, 5.74) is -1.16. The molecule has 1 fully saturated rings. The number of hydrogen-bond donors (Lipinski definition) is 0. The normalized spacial score (nSPS) is 27.7. The Morgan fingerprint density at radius 1 is 0.829 bits per heavy atom. The van der Waals surface area contributed by atoms with Crippen molar-refractivity contribution in [3.05, 3.63) is 70.8 Å². The Hall–Kier alpha value is -3.97. The van der Waals surface area contributed by atoms with Crippen LogP contribution in [0.25, 0.3) is 0 Å². The quantitative estimate of drug-likeness (QED) is 0.600. The van der Waals surface area contributed by atoms with Crippen molar-refractivity contribution >= 4 is 17.7 Å². The average molecular weight is 473 g/mol. The Labute approximate surface area is 205 Å². The van der Waals surface area contributed by atoms with E-state index in [1.54, 1.807) is 36.4 Å². The molecule has 0 bridgehead atoms. The lowest BCUT2D eigenvalue weighted by atomic mass is 9.45. The first-order valence-corrected chi connectivity index (χ1v) is 11.3. The van der Waals surface area contributed by atoms with Crippen LogP contribution in [0.5, 0.6) is 0 Å². The largest absolute Gasteiger partial charge is 0.468 e. The van der Waals surface area contributed by atoms with E-state index in [0.717, 1.165) is 25.3 Å². The minimum atomic E-state index is -2.07. The van der Waals surface area contributed by atoms with Crippen LogP contribution in [-0.4, -0.2) is 31.9 Å². The molecule has 0 aromatic heterocycles. The maximum Gasteiger partial charge on any atom is 0.327 e. The monoisotopic (exact) mass is 472 g/mol. The molecule has 0 spiro atoms. The van der Waals surface area contributed by atoms with Gasteiger partial charge in [-0.1, -0.05) is 59.7 Å². The van der Waals surface area contributed by atoms with E-state index in [9.17, 15) is 24.9 Å². The van der Waals surface area contributed by atoms with Gasteiger partial charge in [-0.25, -0.2) is 0 Å². The van der Waals surface area contributed by atoms with E-state index in [1.165, 1.54) is 6.92 Å². The topological polar surface area (TPSA) is 117 Å². The lowest BCUT2D eigenvalue weighted by molar-refractivity contribution is -0.167. The summed E-state index contributed by atoms with van der Waals surface area (Å²) in [6.45, 7) is 5.12. The third-order valence-corrected chi connectivity index (χ3v) is 7.21. The van der Waals surface area contributed by atoms with Crippen molar-refractivity contribution in [3.8, 4) is 12.1 Å². The maximum absolute atomic E-state index is 13.7. The Bertz CT molecular complexity index is 1220. The summed E-state index contributed by atoms with van der Waals surface area (Å²) >= 11 is 0. The highest BCUT2D eigenvalue weighted by atomic mass is 16.5. The van der Waals surface area contributed by atoms with Crippen molar-refractivity contribution in [3.63, 3.8) is 0 Å². The number of carbonyl (C=O) groups is 3. The molecule has 35 heavy (non-hydrogen) atoms. The molecule has 7 nitrogen and oxygen atoms in total. The fourth-order valence-electron chi connectivity index (χ4n) is 5.55. The van der Waals surface area contributed by atoms with E-state index in [-0.39, 0.29) is 12.2 Å². The first kappa shape index (κ1) is 25.6. The third-order valence-electron chi connectivity index (χ3n) is 7.21. The molecule has 180 valence electrons. The first-order valence-electron chi connectivity index (χ1n) is 11.3. The predicted molar refractivity (Wildman–Crippen MR) is 127 cm³/mol. The summed E-state index contributed by atoms with van der Waals surface area (Å²) in [6.07, 6.45) is -0.205. The number of nitrogens with zero attached hydrogens (tertiary/aromatic N) is 2. The summed E-state index contributed by atoms with van der Waals surface area (Å²) in [6, 6.07) is 18.4. The molecule has 3 rings (SSSR count). The number of rotatable bonds is 5. The standard InChI is InChI=1S/C28H28N2O5/c1-17-6-10-20(11-7-17)23-22(19(3)31)14-27(15-29,25(32)34-4)24(21-12-8-18(2)9-13-21)28(23,16-30)26(33)35-5/h6-13,22-24H,14H2,1-5H3/t22-,23-,24+,27+,28+/m0/s1. The van der Waals surface area contributed by atoms with Gasteiger partial charge < -0.3 is 9.47 Å². The first-order chi connectivity index (χ1) is 16.6. The molecule has 0 heterocycles. The van der Waals surface area contributed by atoms with Crippen LogP contribution in [0.1, 0.15) is 47.4 Å². The van der Waals surface area contributed by atoms with E-state index >= 15 is 0 Å². The summed E-state index contributed by atoms with van der Waals surface area (Å²) in [7, 11) is 2.30. The molecule has 1 aliphatic rings. The van der Waals surface area contributed by atoms with Crippen molar-refractivity contribution < 1.29 is 23.9 Å². The second kappa shape index (κ2) is 9.72. The Balaban J connectivity index is 2.52. The van der Waals surface area contributed by atoms with Crippen molar-refractivity contribution in [2.75, 3.05) is 14.2 Å². The van der Waals surface area contributed by atoms with Gasteiger partial charge in [0, 0.05) is 17.8 Å². The van der Waals surface area contributed by atoms with E-state index in [1.807, 2.05) is 26.0 Å². The number of methoxy groups -OCH3 is 2. The van der Waals surface area contributed by atoms with E-state index in [2.05, 4.69) is 12.1 Å². The molecule has 0 amide bonds. The predicted octanol–water partition coefficient (Wildman–Crippen LogP) is 4.15. The van der Waals surface area contributed by atoms with Gasteiger partial charge in [0.25, 0.3) is 0 Å². The zero-order valence-corrected chi connectivity index (χ0v) is 20.5.